The Balaban J connectivity index is 1.91. The molecule has 1 heteroatoms. The van der Waals surface area contributed by atoms with Crippen molar-refractivity contribution in [2.24, 2.45) is 5.41 Å². The highest BCUT2D eigenvalue weighted by atomic mass is 15.0. The molecule has 1 aromatic carbocycles. The summed E-state index contributed by atoms with van der Waals surface area (Å²) in [7, 11) is 0. The van der Waals surface area contributed by atoms with Crippen molar-refractivity contribution in [2.45, 2.75) is 32.2 Å². The third-order valence-corrected chi connectivity index (χ3v) is 3.81. The zero-order valence-corrected chi connectivity index (χ0v) is 8.72. The fourth-order valence-electron chi connectivity index (χ4n) is 3.23. The molecule has 1 aliphatic heterocycles. The van der Waals surface area contributed by atoms with Crippen molar-refractivity contribution >= 4 is 0 Å². The quantitative estimate of drug-likeness (QED) is 0.656. The van der Waals surface area contributed by atoms with Gasteiger partial charge in [-0.2, -0.15) is 0 Å². The molecule has 1 N–H and O–H groups in total. The second kappa shape index (κ2) is 2.83. The Kier molecular flexibility index (Phi) is 1.72. The van der Waals surface area contributed by atoms with Gasteiger partial charge in [0.15, 0.2) is 0 Å². The van der Waals surface area contributed by atoms with Crippen molar-refractivity contribution in [1.29, 1.82) is 0 Å². The average Bonchev–Trinajstić information content (AvgIpc) is 2.69. The topological polar surface area (TPSA) is 12.0 Å². The van der Waals surface area contributed by atoms with E-state index in [-0.39, 0.29) is 0 Å². The minimum absolute atomic E-state index is 0.559. The third-order valence-electron chi connectivity index (χ3n) is 3.81. The fraction of sp³-hybridized carbons (Fsp3) is 0.538. The molecule has 1 atom stereocenters. The SMILES string of the molecule is CC1CC2(CN1)Cc1ccccc1C2. The minimum atomic E-state index is 0.559. The normalized spacial score (nSPS) is 28.2. The molecule has 0 amide bonds. The number of hydrogen-bond acceptors (Lipinski definition) is 1. The molecule has 1 saturated heterocycles. The van der Waals surface area contributed by atoms with Gasteiger partial charge in [0, 0.05) is 12.6 Å². The van der Waals surface area contributed by atoms with Crippen molar-refractivity contribution in [3.63, 3.8) is 0 Å². The number of hydrogen-bond donors (Lipinski definition) is 1. The second-order valence-electron chi connectivity index (χ2n) is 5.11. The van der Waals surface area contributed by atoms with Gasteiger partial charge in [-0.3, -0.25) is 0 Å². The van der Waals surface area contributed by atoms with E-state index in [1.807, 2.05) is 0 Å². The van der Waals surface area contributed by atoms with Crippen LogP contribution in [-0.4, -0.2) is 12.6 Å². The summed E-state index contributed by atoms with van der Waals surface area (Å²) in [6, 6.07) is 9.65. The van der Waals surface area contributed by atoms with E-state index in [1.165, 1.54) is 25.8 Å². The molecular formula is C13H17N. The highest BCUT2D eigenvalue weighted by Crippen LogP contribution is 2.42. The first-order chi connectivity index (χ1) is 6.77. The second-order valence-corrected chi connectivity index (χ2v) is 5.11. The van der Waals surface area contributed by atoms with Gasteiger partial charge in [-0.25, -0.2) is 0 Å². The summed E-state index contributed by atoms with van der Waals surface area (Å²) in [6.45, 7) is 3.51. The summed E-state index contributed by atoms with van der Waals surface area (Å²) in [5.74, 6) is 0. The van der Waals surface area contributed by atoms with Crippen LogP contribution in [0.1, 0.15) is 24.5 Å². The van der Waals surface area contributed by atoms with Crippen molar-refractivity contribution in [3.05, 3.63) is 35.4 Å². The Morgan fingerprint density at radius 3 is 2.36 bits per heavy atom. The molecule has 2 aliphatic rings. The van der Waals surface area contributed by atoms with Crippen LogP contribution in [0.25, 0.3) is 0 Å². The molecule has 0 aromatic heterocycles. The molecular weight excluding hydrogens is 170 g/mol. The summed E-state index contributed by atoms with van der Waals surface area (Å²) in [4.78, 5) is 0. The van der Waals surface area contributed by atoms with E-state index in [9.17, 15) is 0 Å². The van der Waals surface area contributed by atoms with Crippen LogP contribution in [0.15, 0.2) is 24.3 Å². The summed E-state index contributed by atoms with van der Waals surface area (Å²) >= 11 is 0. The number of benzene rings is 1. The van der Waals surface area contributed by atoms with Gasteiger partial charge in [0.25, 0.3) is 0 Å². The van der Waals surface area contributed by atoms with Crippen molar-refractivity contribution in [3.8, 4) is 0 Å². The van der Waals surface area contributed by atoms with Gasteiger partial charge in [-0.05, 0) is 42.7 Å². The van der Waals surface area contributed by atoms with Crippen LogP contribution in [0.2, 0.25) is 0 Å². The van der Waals surface area contributed by atoms with E-state index in [1.54, 1.807) is 11.1 Å². The first kappa shape index (κ1) is 8.49. The van der Waals surface area contributed by atoms with Crippen LogP contribution in [-0.2, 0) is 12.8 Å². The fourth-order valence-corrected chi connectivity index (χ4v) is 3.23. The highest BCUT2D eigenvalue weighted by Gasteiger charge is 2.41. The van der Waals surface area contributed by atoms with E-state index < -0.39 is 0 Å². The predicted molar refractivity (Wildman–Crippen MR) is 58.4 cm³/mol. The lowest BCUT2D eigenvalue weighted by Gasteiger charge is -2.20. The Morgan fingerprint density at radius 1 is 1.21 bits per heavy atom. The van der Waals surface area contributed by atoms with E-state index in [4.69, 9.17) is 0 Å². The lowest BCUT2D eigenvalue weighted by Crippen LogP contribution is -2.24. The van der Waals surface area contributed by atoms with Crippen molar-refractivity contribution < 1.29 is 0 Å². The van der Waals surface area contributed by atoms with Crippen LogP contribution in [0, 0.1) is 5.41 Å². The first-order valence-electron chi connectivity index (χ1n) is 5.58. The first-order valence-corrected chi connectivity index (χ1v) is 5.58. The number of fused-ring (bicyclic) bond motifs is 1. The zero-order chi connectivity index (χ0) is 9.60. The van der Waals surface area contributed by atoms with Gasteiger partial charge < -0.3 is 5.32 Å². The van der Waals surface area contributed by atoms with Gasteiger partial charge >= 0.3 is 0 Å². The monoisotopic (exact) mass is 187 g/mol. The third kappa shape index (κ3) is 1.19. The highest BCUT2D eigenvalue weighted by molar-refractivity contribution is 5.35. The van der Waals surface area contributed by atoms with Gasteiger partial charge in [-0.15, -0.1) is 0 Å². The molecule has 1 aliphatic carbocycles. The Morgan fingerprint density at radius 2 is 1.86 bits per heavy atom. The predicted octanol–water partition coefficient (Wildman–Crippen LogP) is 2.15. The molecule has 1 heterocycles. The standard InChI is InChI=1S/C13H17N/c1-10-6-13(9-14-10)7-11-4-2-3-5-12(11)8-13/h2-5,10,14H,6-9H2,1H3. The van der Waals surface area contributed by atoms with Gasteiger partial charge in [0.1, 0.15) is 0 Å². The molecule has 0 saturated carbocycles. The maximum atomic E-state index is 3.59. The maximum absolute atomic E-state index is 3.59. The molecule has 1 spiro atoms. The number of rotatable bonds is 0. The molecule has 3 rings (SSSR count). The molecule has 1 aromatic rings. The van der Waals surface area contributed by atoms with E-state index >= 15 is 0 Å². The van der Waals surface area contributed by atoms with E-state index in [0.29, 0.717) is 11.5 Å². The molecule has 74 valence electrons. The summed E-state index contributed by atoms with van der Waals surface area (Å²) < 4.78 is 0. The lowest BCUT2D eigenvalue weighted by atomic mass is 9.83. The minimum Gasteiger partial charge on any atom is -0.314 e. The van der Waals surface area contributed by atoms with Crippen LogP contribution in [0.4, 0.5) is 0 Å². The maximum Gasteiger partial charge on any atom is 0.00449 e. The summed E-state index contributed by atoms with van der Waals surface area (Å²) in [5, 5.41) is 3.59. The van der Waals surface area contributed by atoms with E-state index in [0.717, 1.165) is 0 Å². The van der Waals surface area contributed by atoms with E-state index in [2.05, 4.69) is 36.5 Å². The molecule has 0 bridgehead atoms. The van der Waals surface area contributed by atoms with Crippen LogP contribution in [0.3, 0.4) is 0 Å². The van der Waals surface area contributed by atoms with Crippen molar-refractivity contribution in [2.75, 3.05) is 6.54 Å². The average molecular weight is 187 g/mol. The Bertz CT molecular complexity index is 331. The zero-order valence-electron chi connectivity index (χ0n) is 8.72. The molecule has 1 unspecified atom stereocenters. The van der Waals surface area contributed by atoms with Crippen LogP contribution in [0.5, 0.6) is 0 Å². The smallest absolute Gasteiger partial charge is 0.00449 e. The van der Waals surface area contributed by atoms with Gasteiger partial charge in [0.2, 0.25) is 0 Å². The lowest BCUT2D eigenvalue weighted by molar-refractivity contribution is 0.339. The Labute approximate surface area is 85.5 Å². The van der Waals surface area contributed by atoms with Gasteiger partial charge in [-0.1, -0.05) is 24.3 Å². The molecule has 1 nitrogen and oxygen atoms in total. The summed E-state index contributed by atoms with van der Waals surface area (Å²) in [6.07, 6.45) is 3.93. The van der Waals surface area contributed by atoms with Crippen LogP contribution >= 0.6 is 0 Å². The molecule has 0 radical (unpaired) electrons. The van der Waals surface area contributed by atoms with Crippen molar-refractivity contribution in [1.82, 2.24) is 5.32 Å². The number of nitrogens with one attached hydrogen (secondary N) is 1. The molecule has 14 heavy (non-hydrogen) atoms. The van der Waals surface area contributed by atoms with Crippen LogP contribution < -0.4 is 5.32 Å². The Hall–Kier alpha value is -0.820. The van der Waals surface area contributed by atoms with Gasteiger partial charge in [0.05, 0.1) is 0 Å². The molecule has 1 fully saturated rings. The largest absolute Gasteiger partial charge is 0.314 e. The summed E-state index contributed by atoms with van der Waals surface area (Å²) in [5.41, 5.74) is 3.73.